The maximum absolute atomic E-state index is 11.8. The van der Waals surface area contributed by atoms with Crippen LogP contribution in [-0.2, 0) is 0 Å². The van der Waals surface area contributed by atoms with E-state index in [1.54, 1.807) is 19.2 Å². The topological polar surface area (TPSA) is 82.0 Å². The van der Waals surface area contributed by atoms with Crippen LogP contribution in [0.25, 0.3) is 21.9 Å². The van der Waals surface area contributed by atoms with Gasteiger partial charge in [-0.15, -0.1) is 0 Å². The molecular weight excluding hydrogens is 360 g/mol. The number of aliphatic hydroxyl groups is 1. The Kier molecular flexibility index (Phi) is 5.90. The highest BCUT2D eigenvalue weighted by Crippen LogP contribution is 2.42. The molecule has 6 nitrogen and oxygen atoms in total. The van der Waals surface area contributed by atoms with Crippen LogP contribution < -0.4 is 15.1 Å². The zero-order valence-electron chi connectivity index (χ0n) is 16.3. The predicted molar refractivity (Wildman–Crippen MR) is 108 cm³/mol. The van der Waals surface area contributed by atoms with E-state index < -0.39 is 11.7 Å². The lowest BCUT2D eigenvalue weighted by atomic mass is 10.0. The van der Waals surface area contributed by atoms with Crippen LogP contribution in [0.2, 0.25) is 0 Å². The summed E-state index contributed by atoms with van der Waals surface area (Å²) < 4.78 is 22.4. The van der Waals surface area contributed by atoms with Crippen LogP contribution in [0.15, 0.2) is 61.9 Å². The van der Waals surface area contributed by atoms with E-state index in [0.717, 1.165) is 23.0 Å². The van der Waals surface area contributed by atoms with Crippen LogP contribution in [0, 0.1) is 0 Å². The van der Waals surface area contributed by atoms with E-state index in [-0.39, 0.29) is 12.2 Å². The number of allylic oxidation sites excluding steroid dienone is 1. The van der Waals surface area contributed by atoms with Crippen molar-refractivity contribution in [1.29, 1.82) is 0 Å². The molecule has 2 heterocycles. The van der Waals surface area contributed by atoms with Crippen LogP contribution in [0.1, 0.15) is 26.7 Å². The second-order valence-electron chi connectivity index (χ2n) is 6.79. The number of fused-ring (bicyclic) bond motifs is 2. The van der Waals surface area contributed by atoms with E-state index in [1.165, 1.54) is 12.3 Å². The number of methoxy groups -OCH3 is 1. The van der Waals surface area contributed by atoms with Gasteiger partial charge in [-0.05, 0) is 44.9 Å². The van der Waals surface area contributed by atoms with Crippen LogP contribution in [-0.4, -0.2) is 24.9 Å². The summed E-state index contributed by atoms with van der Waals surface area (Å²) in [6.07, 6.45) is 4.30. The van der Waals surface area contributed by atoms with Gasteiger partial charge in [-0.3, -0.25) is 0 Å². The molecule has 6 heteroatoms. The molecule has 0 saturated carbocycles. The van der Waals surface area contributed by atoms with Crippen molar-refractivity contribution in [3.8, 4) is 11.5 Å². The van der Waals surface area contributed by atoms with E-state index in [0.29, 0.717) is 28.9 Å². The maximum atomic E-state index is 11.8. The summed E-state index contributed by atoms with van der Waals surface area (Å²) in [6, 6.07) is 4.78. The Labute approximate surface area is 162 Å². The summed E-state index contributed by atoms with van der Waals surface area (Å²) >= 11 is 0. The lowest BCUT2D eigenvalue weighted by molar-refractivity contribution is 0.201. The van der Waals surface area contributed by atoms with Crippen molar-refractivity contribution in [2.45, 2.75) is 32.8 Å². The summed E-state index contributed by atoms with van der Waals surface area (Å²) in [5.74, 6) is 0.926. The molecule has 0 fully saturated rings. The number of ether oxygens (including phenoxy) is 2. The second kappa shape index (κ2) is 8.35. The molecule has 0 spiro atoms. The largest absolute Gasteiger partial charge is 0.495 e. The Bertz CT molecular complexity index is 1090. The number of hydrogen-bond donors (Lipinski definition) is 1. The van der Waals surface area contributed by atoms with Gasteiger partial charge in [-0.25, -0.2) is 4.79 Å². The van der Waals surface area contributed by atoms with Crippen LogP contribution in [0.3, 0.4) is 0 Å². The van der Waals surface area contributed by atoms with Gasteiger partial charge in [0, 0.05) is 6.07 Å². The lowest BCUT2D eigenvalue weighted by Crippen LogP contribution is -2.07. The smallest absolute Gasteiger partial charge is 0.336 e. The fourth-order valence-electron chi connectivity index (χ4n) is 3.01. The zero-order valence-corrected chi connectivity index (χ0v) is 16.3. The van der Waals surface area contributed by atoms with E-state index >= 15 is 0 Å². The normalized spacial score (nSPS) is 13.1. The van der Waals surface area contributed by atoms with Crippen molar-refractivity contribution in [1.82, 2.24) is 0 Å². The molecule has 0 aliphatic carbocycles. The highest BCUT2D eigenvalue weighted by atomic mass is 16.5. The van der Waals surface area contributed by atoms with Crippen molar-refractivity contribution in [3.63, 3.8) is 0 Å². The molecule has 1 aromatic carbocycles. The van der Waals surface area contributed by atoms with Crippen molar-refractivity contribution < 1.29 is 23.4 Å². The van der Waals surface area contributed by atoms with Crippen LogP contribution >= 0.6 is 0 Å². The van der Waals surface area contributed by atoms with Crippen molar-refractivity contribution in [2.75, 3.05) is 13.7 Å². The van der Waals surface area contributed by atoms with E-state index in [4.69, 9.17) is 18.3 Å². The van der Waals surface area contributed by atoms with Crippen molar-refractivity contribution >= 4 is 21.9 Å². The molecule has 0 aliphatic rings. The Morgan fingerprint density at radius 3 is 2.68 bits per heavy atom. The van der Waals surface area contributed by atoms with Gasteiger partial charge < -0.3 is 23.4 Å². The standard InChI is InChI=1S/C22H24O6/c1-13(2)17(23)7-5-14(3)9-11-27-22-20-16(10-12-26-20)19(25-4)15-6-8-18(24)28-21(15)22/h6,8-10,12,17,23H,1,5,7,11H2,2-4H3/t17-/m1/s1. The molecule has 0 unspecified atom stereocenters. The monoisotopic (exact) mass is 384 g/mol. The summed E-state index contributed by atoms with van der Waals surface area (Å²) in [6.45, 7) is 7.81. The van der Waals surface area contributed by atoms with Crippen LogP contribution in [0.5, 0.6) is 11.5 Å². The number of hydrogen-bond acceptors (Lipinski definition) is 6. The molecule has 0 aliphatic heterocycles. The predicted octanol–water partition coefficient (Wildman–Crippen LogP) is 4.59. The zero-order chi connectivity index (χ0) is 20.3. The molecule has 1 N–H and O–H groups in total. The SMILES string of the molecule is C=C(C)[C@H](O)CCC(C)=CCOc1c2occc2c(OC)c2ccc(=O)oc12. The third kappa shape index (κ3) is 3.97. The first-order valence-electron chi connectivity index (χ1n) is 9.05. The van der Waals surface area contributed by atoms with Gasteiger partial charge in [0.05, 0.1) is 30.2 Å². The average molecular weight is 384 g/mol. The summed E-state index contributed by atoms with van der Waals surface area (Å²) in [5, 5.41) is 11.2. The Hall–Kier alpha value is -2.99. The quantitative estimate of drug-likeness (QED) is 0.452. The Balaban J connectivity index is 1.89. The molecule has 0 radical (unpaired) electrons. The molecule has 0 bridgehead atoms. The molecule has 0 amide bonds. The highest BCUT2D eigenvalue weighted by molar-refractivity contribution is 6.06. The van der Waals surface area contributed by atoms with Gasteiger partial charge in [-0.2, -0.15) is 0 Å². The summed E-state index contributed by atoms with van der Waals surface area (Å²) in [5.41, 5.74) is 2.10. The molecule has 148 valence electrons. The minimum Gasteiger partial charge on any atom is -0.495 e. The number of furan rings is 1. The van der Waals surface area contributed by atoms with Gasteiger partial charge in [-0.1, -0.05) is 17.7 Å². The fourth-order valence-corrected chi connectivity index (χ4v) is 3.01. The van der Waals surface area contributed by atoms with Crippen molar-refractivity contribution in [3.05, 3.63) is 58.7 Å². The minimum atomic E-state index is -0.508. The molecule has 3 rings (SSSR count). The molecule has 1 atom stereocenters. The number of aliphatic hydroxyl groups excluding tert-OH is 1. The fraction of sp³-hybridized carbons (Fsp3) is 0.318. The highest BCUT2D eigenvalue weighted by Gasteiger charge is 2.20. The van der Waals surface area contributed by atoms with Gasteiger partial charge >= 0.3 is 5.63 Å². The van der Waals surface area contributed by atoms with Crippen LogP contribution in [0.4, 0.5) is 0 Å². The number of benzene rings is 1. The molecule has 2 aromatic heterocycles. The van der Waals surface area contributed by atoms with Gasteiger partial charge in [0.2, 0.25) is 5.75 Å². The van der Waals surface area contributed by atoms with Gasteiger partial charge in [0.1, 0.15) is 12.4 Å². The Morgan fingerprint density at radius 2 is 1.96 bits per heavy atom. The first kappa shape index (κ1) is 19.8. The van der Waals surface area contributed by atoms with E-state index in [1.807, 2.05) is 19.9 Å². The first-order chi connectivity index (χ1) is 13.4. The number of rotatable bonds is 8. The third-order valence-electron chi connectivity index (χ3n) is 4.64. The first-order valence-corrected chi connectivity index (χ1v) is 9.05. The summed E-state index contributed by atoms with van der Waals surface area (Å²) in [7, 11) is 1.55. The van der Waals surface area contributed by atoms with Gasteiger partial charge in [0.25, 0.3) is 0 Å². The molecular formula is C22H24O6. The molecule has 28 heavy (non-hydrogen) atoms. The second-order valence-corrected chi connectivity index (χ2v) is 6.79. The van der Waals surface area contributed by atoms with Crippen molar-refractivity contribution in [2.24, 2.45) is 0 Å². The lowest BCUT2D eigenvalue weighted by Gasteiger charge is -2.12. The van der Waals surface area contributed by atoms with Gasteiger partial charge in [0.15, 0.2) is 11.2 Å². The third-order valence-corrected chi connectivity index (χ3v) is 4.64. The summed E-state index contributed by atoms with van der Waals surface area (Å²) in [4.78, 5) is 11.8. The average Bonchev–Trinajstić information content (AvgIpc) is 3.15. The van der Waals surface area contributed by atoms with E-state index in [2.05, 4.69) is 6.58 Å². The molecule has 3 aromatic rings. The minimum absolute atomic E-state index is 0.269. The Morgan fingerprint density at radius 1 is 1.21 bits per heavy atom. The maximum Gasteiger partial charge on any atom is 0.336 e. The molecule has 0 saturated heterocycles. The van der Waals surface area contributed by atoms with E-state index in [9.17, 15) is 9.90 Å².